The maximum Gasteiger partial charge on any atom is 0.0596 e. The van der Waals surface area contributed by atoms with Crippen LogP contribution < -0.4 is 0 Å². The third kappa shape index (κ3) is 4.91. The molecule has 0 spiro atoms. The summed E-state index contributed by atoms with van der Waals surface area (Å²) in [4.78, 5) is 0. The maximum absolute atomic E-state index is 5.68. The van der Waals surface area contributed by atoms with Crippen molar-refractivity contribution in [3.05, 3.63) is 0 Å². The summed E-state index contributed by atoms with van der Waals surface area (Å²) in [7, 11) is 0. The van der Waals surface area contributed by atoms with Crippen molar-refractivity contribution in [1.29, 1.82) is 0 Å². The Morgan fingerprint density at radius 1 is 1.21 bits per heavy atom. The van der Waals surface area contributed by atoms with Gasteiger partial charge in [0.25, 0.3) is 0 Å². The summed E-state index contributed by atoms with van der Waals surface area (Å²) in [6, 6.07) is 0. The summed E-state index contributed by atoms with van der Waals surface area (Å²) in [5, 5.41) is 1.59. The fourth-order valence-corrected chi connectivity index (χ4v) is 1.98. The molecule has 3 atom stereocenters. The fourth-order valence-electron chi connectivity index (χ4n) is 1.15. The number of ether oxygens (including phenoxy) is 2. The summed E-state index contributed by atoms with van der Waals surface area (Å²) in [6.45, 7) is 4.87. The van der Waals surface area contributed by atoms with E-state index in [4.69, 9.17) is 9.47 Å². The highest BCUT2D eigenvalue weighted by Crippen LogP contribution is 2.30. The highest BCUT2D eigenvalue weighted by atomic mass is 32.2. The van der Waals surface area contributed by atoms with Crippen molar-refractivity contribution >= 4 is 23.5 Å². The zero-order valence-corrected chi connectivity index (χ0v) is 10.2. The molecule has 2 rings (SSSR count). The van der Waals surface area contributed by atoms with Gasteiger partial charge in [0.1, 0.15) is 0 Å². The molecule has 0 aromatic rings. The van der Waals surface area contributed by atoms with Crippen LogP contribution in [0, 0.1) is 0 Å². The quantitative estimate of drug-likeness (QED) is 0.472. The standard InChI is InChI=1S/C10H18O2S2/c1-8(12-5-10-7-14-10)2-3-11-4-9-6-13-9/h8-10H,2-7H2,1H3. The van der Waals surface area contributed by atoms with E-state index in [9.17, 15) is 0 Å². The molecule has 2 heterocycles. The predicted octanol–water partition coefficient (Wildman–Crippen LogP) is 2.03. The third-order valence-corrected chi connectivity index (χ3v) is 4.23. The molecule has 0 bridgehead atoms. The molecule has 0 amide bonds. The normalized spacial score (nSPS) is 31.5. The molecule has 2 aliphatic rings. The fraction of sp³-hybridized carbons (Fsp3) is 1.00. The van der Waals surface area contributed by atoms with Gasteiger partial charge in [-0.25, -0.2) is 0 Å². The van der Waals surface area contributed by atoms with Gasteiger partial charge in [0.15, 0.2) is 0 Å². The van der Waals surface area contributed by atoms with Crippen LogP contribution in [-0.2, 0) is 9.47 Å². The molecule has 0 radical (unpaired) electrons. The number of rotatable bonds is 8. The van der Waals surface area contributed by atoms with Gasteiger partial charge < -0.3 is 9.47 Å². The molecule has 14 heavy (non-hydrogen) atoms. The van der Waals surface area contributed by atoms with E-state index in [-0.39, 0.29) is 0 Å². The Labute approximate surface area is 94.5 Å². The van der Waals surface area contributed by atoms with E-state index >= 15 is 0 Å². The minimum atomic E-state index is 0.364. The van der Waals surface area contributed by atoms with Crippen LogP contribution >= 0.6 is 23.5 Å². The summed E-state index contributed by atoms with van der Waals surface area (Å²) in [5.41, 5.74) is 0. The average Bonchev–Trinajstić information content (AvgIpc) is 3.02. The van der Waals surface area contributed by atoms with E-state index in [0.717, 1.165) is 36.7 Å². The number of thioether (sulfide) groups is 2. The summed E-state index contributed by atoms with van der Waals surface area (Å²) >= 11 is 3.98. The lowest BCUT2D eigenvalue weighted by Crippen LogP contribution is -2.15. The molecule has 2 fully saturated rings. The summed E-state index contributed by atoms with van der Waals surface area (Å²) < 4.78 is 11.2. The van der Waals surface area contributed by atoms with Crippen LogP contribution in [0.3, 0.4) is 0 Å². The van der Waals surface area contributed by atoms with Crippen LogP contribution in [0.1, 0.15) is 13.3 Å². The Hall–Kier alpha value is 0.620. The van der Waals surface area contributed by atoms with E-state index in [2.05, 4.69) is 6.92 Å². The Kier molecular flexibility index (Phi) is 4.47. The maximum atomic E-state index is 5.68. The van der Waals surface area contributed by atoms with Gasteiger partial charge in [0.2, 0.25) is 0 Å². The Balaban J connectivity index is 1.38. The molecule has 3 unspecified atom stereocenters. The summed E-state index contributed by atoms with van der Waals surface area (Å²) in [6.07, 6.45) is 1.40. The van der Waals surface area contributed by atoms with E-state index in [0.29, 0.717) is 6.10 Å². The van der Waals surface area contributed by atoms with Crippen molar-refractivity contribution < 1.29 is 9.47 Å². The van der Waals surface area contributed by atoms with E-state index in [1.54, 1.807) is 0 Å². The minimum Gasteiger partial charge on any atom is -0.380 e. The van der Waals surface area contributed by atoms with Gasteiger partial charge in [-0.05, 0) is 13.3 Å². The Morgan fingerprint density at radius 3 is 2.50 bits per heavy atom. The monoisotopic (exact) mass is 234 g/mol. The molecular weight excluding hydrogens is 216 g/mol. The van der Waals surface area contributed by atoms with Crippen LogP contribution in [0.4, 0.5) is 0 Å². The first-order valence-corrected chi connectivity index (χ1v) is 7.37. The minimum absolute atomic E-state index is 0.364. The molecule has 2 aliphatic heterocycles. The van der Waals surface area contributed by atoms with E-state index < -0.39 is 0 Å². The van der Waals surface area contributed by atoms with Gasteiger partial charge in [-0.15, -0.1) is 0 Å². The number of hydrogen-bond donors (Lipinski definition) is 0. The zero-order valence-electron chi connectivity index (χ0n) is 8.61. The average molecular weight is 234 g/mol. The lowest BCUT2D eigenvalue weighted by Gasteiger charge is -2.12. The van der Waals surface area contributed by atoms with Gasteiger partial charge in [0.05, 0.1) is 19.3 Å². The Bertz CT molecular complexity index is 170. The van der Waals surface area contributed by atoms with Gasteiger partial charge in [-0.2, -0.15) is 23.5 Å². The molecule has 0 saturated carbocycles. The largest absolute Gasteiger partial charge is 0.380 e. The molecule has 0 aliphatic carbocycles. The molecular formula is C10H18O2S2. The lowest BCUT2D eigenvalue weighted by atomic mass is 10.3. The first-order chi connectivity index (χ1) is 6.84. The van der Waals surface area contributed by atoms with Crippen molar-refractivity contribution in [3.8, 4) is 0 Å². The number of hydrogen-bond acceptors (Lipinski definition) is 4. The molecule has 2 saturated heterocycles. The van der Waals surface area contributed by atoms with Gasteiger partial charge in [0, 0.05) is 28.6 Å². The zero-order chi connectivity index (χ0) is 9.80. The molecule has 0 N–H and O–H groups in total. The smallest absolute Gasteiger partial charge is 0.0596 e. The second-order valence-electron chi connectivity index (χ2n) is 3.92. The van der Waals surface area contributed by atoms with Gasteiger partial charge >= 0.3 is 0 Å². The third-order valence-electron chi connectivity index (χ3n) is 2.34. The Morgan fingerprint density at radius 2 is 1.86 bits per heavy atom. The van der Waals surface area contributed by atoms with E-state index in [1.807, 2.05) is 23.5 Å². The van der Waals surface area contributed by atoms with Crippen LogP contribution in [0.15, 0.2) is 0 Å². The highest BCUT2D eigenvalue weighted by Gasteiger charge is 2.23. The van der Waals surface area contributed by atoms with Crippen LogP contribution in [0.5, 0.6) is 0 Å². The van der Waals surface area contributed by atoms with Crippen molar-refractivity contribution in [2.24, 2.45) is 0 Å². The highest BCUT2D eigenvalue weighted by molar-refractivity contribution is 8.07. The van der Waals surface area contributed by atoms with Crippen LogP contribution in [-0.4, -0.2) is 47.9 Å². The molecule has 82 valence electrons. The summed E-state index contributed by atoms with van der Waals surface area (Å²) in [5.74, 6) is 2.59. The van der Waals surface area contributed by atoms with Crippen molar-refractivity contribution in [2.45, 2.75) is 29.9 Å². The second kappa shape index (κ2) is 5.64. The topological polar surface area (TPSA) is 18.5 Å². The molecule has 0 aromatic carbocycles. The second-order valence-corrected chi connectivity index (χ2v) is 6.58. The first-order valence-electron chi connectivity index (χ1n) is 5.27. The van der Waals surface area contributed by atoms with Gasteiger partial charge in [-0.3, -0.25) is 0 Å². The lowest BCUT2D eigenvalue weighted by molar-refractivity contribution is 0.0369. The van der Waals surface area contributed by atoms with Crippen LogP contribution in [0.25, 0.3) is 0 Å². The van der Waals surface area contributed by atoms with Crippen molar-refractivity contribution in [2.75, 3.05) is 31.3 Å². The van der Waals surface area contributed by atoms with Crippen LogP contribution in [0.2, 0.25) is 0 Å². The van der Waals surface area contributed by atoms with Crippen molar-refractivity contribution in [3.63, 3.8) is 0 Å². The molecule has 2 nitrogen and oxygen atoms in total. The molecule has 0 aromatic heterocycles. The SMILES string of the molecule is CC(CCOCC1CS1)OCC1CS1. The van der Waals surface area contributed by atoms with Crippen molar-refractivity contribution in [1.82, 2.24) is 0 Å². The first kappa shape index (κ1) is 11.1. The molecule has 4 heteroatoms. The van der Waals surface area contributed by atoms with Gasteiger partial charge in [-0.1, -0.05) is 0 Å². The van der Waals surface area contributed by atoms with E-state index in [1.165, 1.54) is 11.5 Å². The predicted molar refractivity (Wildman–Crippen MR) is 63.3 cm³/mol.